The highest BCUT2D eigenvalue weighted by Gasteiger charge is 2.20. The van der Waals surface area contributed by atoms with Gasteiger partial charge in [-0.1, -0.05) is 19.4 Å². The predicted octanol–water partition coefficient (Wildman–Crippen LogP) is 2.39. The van der Waals surface area contributed by atoms with E-state index in [0.717, 1.165) is 36.1 Å². The Labute approximate surface area is 125 Å². The van der Waals surface area contributed by atoms with Gasteiger partial charge in [-0.25, -0.2) is 4.79 Å². The molecule has 1 aromatic rings. The topological polar surface area (TPSA) is 81.3 Å². The number of nitrogens with two attached hydrogens (primary N) is 1. The molecule has 0 unspecified atom stereocenters. The van der Waals surface area contributed by atoms with Crippen molar-refractivity contribution < 1.29 is 9.53 Å². The second-order valence-corrected chi connectivity index (χ2v) is 5.19. The van der Waals surface area contributed by atoms with Crippen molar-refractivity contribution in [2.24, 2.45) is 0 Å². The summed E-state index contributed by atoms with van der Waals surface area (Å²) in [5, 5.41) is 8.05. The third-order valence-corrected chi connectivity index (χ3v) is 3.50. The number of aryl methyl sites for hydroxylation is 1. The van der Waals surface area contributed by atoms with Gasteiger partial charge in [0.25, 0.3) is 0 Å². The first-order valence-electron chi connectivity index (χ1n) is 7.32. The van der Waals surface area contributed by atoms with Gasteiger partial charge in [-0.15, -0.1) is 10.2 Å². The minimum Gasteiger partial charge on any atom is -0.449 e. The number of carbonyl (C=O) groups is 1. The van der Waals surface area contributed by atoms with E-state index in [-0.39, 0.29) is 6.09 Å². The van der Waals surface area contributed by atoms with Crippen molar-refractivity contribution in [2.75, 3.05) is 25.4 Å². The van der Waals surface area contributed by atoms with Crippen LogP contribution in [0.5, 0.6) is 0 Å². The van der Waals surface area contributed by atoms with Crippen LogP contribution < -0.4 is 5.73 Å². The minimum atomic E-state index is -0.237. The summed E-state index contributed by atoms with van der Waals surface area (Å²) in [6, 6.07) is 1.81. The van der Waals surface area contributed by atoms with Crippen LogP contribution in [-0.2, 0) is 4.74 Å². The summed E-state index contributed by atoms with van der Waals surface area (Å²) in [4.78, 5) is 13.6. The quantitative estimate of drug-likeness (QED) is 0.861. The molecule has 0 aromatic carbocycles. The zero-order chi connectivity index (χ0) is 15.2. The van der Waals surface area contributed by atoms with E-state index in [1.807, 2.05) is 19.1 Å². The minimum absolute atomic E-state index is 0.237. The van der Waals surface area contributed by atoms with Crippen molar-refractivity contribution in [3.8, 4) is 0 Å². The molecule has 0 aliphatic carbocycles. The van der Waals surface area contributed by atoms with Crippen LogP contribution in [-0.4, -0.2) is 40.9 Å². The van der Waals surface area contributed by atoms with Gasteiger partial charge in [0.15, 0.2) is 0 Å². The number of rotatable bonds is 4. The molecule has 0 saturated carbocycles. The van der Waals surface area contributed by atoms with Crippen molar-refractivity contribution in [1.29, 1.82) is 0 Å². The van der Waals surface area contributed by atoms with Crippen LogP contribution in [0, 0.1) is 6.92 Å². The molecule has 21 heavy (non-hydrogen) atoms. The second kappa shape index (κ2) is 7.06. The lowest BCUT2D eigenvalue weighted by molar-refractivity contribution is 0.105. The SMILES string of the molecule is CCCCOC(=O)N1CC=C(c2nnc(N)cc2C)CC1. The predicted molar refractivity (Wildman–Crippen MR) is 81.6 cm³/mol. The zero-order valence-corrected chi connectivity index (χ0v) is 12.6. The van der Waals surface area contributed by atoms with Crippen molar-refractivity contribution in [1.82, 2.24) is 15.1 Å². The first-order chi connectivity index (χ1) is 10.1. The van der Waals surface area contributed by atoms with Gasteiger partial charge < -0.3 is 15.4 Å². The highest BCUT2D eigenvalue weighted by Crippen LogP contribution is 2.23. The second-order valence-electron chi connectivity index (χ2n) is 5.19. The summed E-state index contributed by atoms with van der Waals surface area (Å²) in [5.74, 6) is 0.425. The Bertz CT molecular complexity index is 542. The number of amides is 1. The van der Waals surface area contributed by atoms with E-state index in [4.69, 9.17) is 10.5 Å². The summed E-state index contributed by atoms with van der Waals surface area (Å²) >= 11 is 0. The summed E-state index contributed by atoms with van der Waals surface area (Å²) in [6.07, 6.45) is 4.45. The lowest BCUT2D eigenvalue weighted by Gasteiger charge is -2.25. The van der Waals surface area contributed by atoms with Crippen LogP contribution in [0.25, 0.3) is 5.57 Å². The molecule has 2 heterocycles. The number of nitrogens with zero attached hydrogens (tertiary/aromatic N) is 3. The first kappa shape index (κ1) is 15.3. The van der Waals surface area contributed by atoms with Crippen LogP contribution >= 0.6 is 0 Å². The van der Waals surface area contributed by atoms with Crippen molar-refractivity contribution in [2.45, 2.75) is 33.1 Å². The van der Waals surface area contributed by atoms with E-state index in [1.54, 1.807) is 4.90 Å². The summed E-state index contributed by atoms with van der Waals surface area (Å²) < 4.78 is 5.22. The number of anilines is 1. The van der Waals surface area contributed by atoms with Crippen LogP contribution in [0.15, 0.2) is 12.1 Å². The van der Waals surface area contributed by atoms with E-state index in [1.165, 1.54) is 0 Å². The van der Waals surface area contributed by atoms with E-state index < -0.39 is 0 Å². The highest BCUT2D eigenvalue weighted by molar-refractivity contribution is 5.72. The monoisotopic (exact) mass is 290 g/mol. The molecule has 0 fully saturated rings. The summed E-state index contributed by atoms with van der Waals surface area (Å²) in [6.45, 7) is 5.71. The average Bonchev–Trinajstić information content (AvgIpc) is 2.48. The number of hydrogen-bond donors (Lipinski definition) is 1. The van der Waals surface area contributed by atoms with E-state index in [0.29, 0.717) is 25.5 Å². The van der Waals surface area contributed by atoms with Crippen LogP contribution in [0.4, 0.5) is 10.6 Å². The number of aromatic nitrogens is 2. The Kier molecular flexibility index (Phi) is 5.14. The highest BCUT2D eigenvalue weighted by atomic mass is 16.6. The molecule has 0 atom stereocenters. The van der Waals surface area contributed by atoms with E-state index in [9.17, 15) is 4.79 Å². The maximum atomic E-state index is 11.9. The molecule has 114 valence electrons. The van der Waals surface area contributed by atoms with Crippen LogP contribution in [0.1, 0.15) is 37.4 Å². The Hall–Kier alpha value is -2.11. The molecule has 0 bridgehead atoms. The molecule has 6 nitrogen and oxygen atoms in total. The van der Waals surface area contributed by atoms with Gasteiger partial charge in [0.2, 0.25) is 0 Å². The molecular weight excluding hydrogens is 268 g/mol. The molecule has 1 amide bonds. The fraction of sp³-hybridized carbons (Fsp3) is 0.533. The van der Waals surface area contributed by atoms with E-state index in [2.05, 4.69) is 17.1 Å². The van der Waals surface area contributed by atoms with Crippen molar-refractivity contribution >= 4 is 17.5 Å². The van der Waals surface area contributed by atoms with Gasteiger partial charge >= 0.3 is 6.09 Å². The lowest BCUT2D eigenvalue weighted by atomic mass is 10.0. The van der Waals surface area contributed by atoms with E-state index >= 15 is 0 Å². The number of ether oxygens (including phenoxy) is 1. The molecule has 0 radical (unpaired) electrons. The molecule has 0 saturated heterocycles. The summed E-state index contributed by atoms with van der Waals surface area (Å²) in [5.41, 5.74) is 8.59. The van der Waals surface area contributed by atoms with Gasteiger partial charge in [0.05, 0.1) is 12.3 Å². The largest absolute Gasteiger partial charge is 0.449 e. The number of nitrogen functional groups attached to an aromatic ring is 1. The Morgan fingerprint density at radius 1 is 1.48 bits per heavy atom. The number of hydrogen-bond acceptors (Lipinski definition) is 5. The Balaban J connectivity index is 1.97. The fourth-order valence-electron chi connectivity index (χ4n) is 2.27. The molecular formula is C15H22N4O2. The van der Waals surface area contributed by atoms with Gasteiger partial charge in [0, 0.05) is 13.1 Å². The average molecular weight is 290 g/mol. The molecule has 2 N–H and O–H groups in total. The third kappa shape index (κ3) is 3.93. The molecule has 1 aliphatic rings. The van der Waals surface area contributed by atoms with Gasteiger partial charge in [0.1, 0.15) is 5.82 Å². The Morgan fingerprint density at radius 2 is 2.29 bits per heavy atom. The maximum Gasteiger partial charge on any atom is 0.410 e. The lowest BCUT2D eigenvalue weighted by Crippen LogP contribution is -2.35. The third-order valence-electron chi connectivity index (χ3n) is 3.50. The van der Waals surface area contributed by atoms with Crippen molar-refractivity contribution in [3.05, 3.63) is 23.4 Å². The van der Waals surface area contributed by atoms with Gasteiger partial charge in [-0.3, -0.25) is 0 Å². The van der Waals surface area contributed by atoms with Gasteiger partial charge in [-0.05, 0) is 37.0 Å². The molecule has 6 heteroatoms. The number of unbranched alkanes of at least 4 members (excludes halogenated alkanes) is 1. The van der Waals surface area contributed by atoms with Crippen LogP contribution in [0.3, 0.4) is 0 Å². The zero-order valence-electron chi connectivity index (χ0n) is 12.6. The van der Waals surface area contributed by atoms with Crippen LogP contribution in [0.2, 0.25) is 0 Å². The molecule has 1 aromatic heterocycles. The maximum absolute atomic E-state index is 11.9. The number of carbonyl (C=O) groups excluding carboxylic acids is 1. The molecule has 0 spiro atoms. The molecule has 2 rings (SSSR count). The fourth-order valence-corrected chi connectivity index (χ4v) is 2.27. The Morgan fingerprint density at radius 3 is 2.90 bits per heavy atom. The summed E-state index contributed by atoms with van der Waals surface area (Å²) in [7, 11) is 0. The smallest absolute Gasteiger partial charge is 0.410 e. The first-order valence-corrected chi connectivity index (χ1v) is 7.32. The molecule has 1 aliphatic heterocycles. The standard InChI is InChI=1S/C15H22N4O2/c1-3-4-9-21-15(20)19-7-5-12(6-8-19)14-11(2)10-13(16)17-18-14/h5,10H,3-4,6-9H2,1-2H3,(H2,16,17). The van der Waals surface area contributed by atoms with Gasteiger partial charge in [-0.2, -0.15) is 0 Å². The van der Waals surface area contributed by atoms with Crippen molar-refractivity contribution in [3.63, 3.8) is 0 Å². The normalized spacial score (nSPS) is 14.8.